The molecule has 0 saturated carbocycles. The summed E-state index contributed by atoms with van der Waals surface area (Å²) in [6, 6.07) is 7.96. The summed E-state index contributed by atoms with van der Waals surface area (Å²) < 4.78 is 0. The Hall–Kier alpha value is -1.06. The van der Waals surface area contributed by atoms with E-state index in [1.807, 2.05) is 24.3 Å². The minimum Gasteiger partial charge on any atom is -0.326 e. The van der Waals surface area contributed by atoms with Gasteiger partial charge in [-0.05, 0) is 30.0 Å². The van der Waals surface area contributed by atoms with Gasteiger partial charge in [0, 0.05) is 18.7 Å². The molecule has 0 bridgehead atoms. The summed E-state index contributed by atoms with van der Waals surface area (Å²) in [5.74, 6) is 1.04. The van der Waals surface area contributed by atoms with Crippen molar-refractivity contribution in [2.75, 3.05) is 11.9 Å². The molecule has 2 N–H and O–H groups in total. The SMILES string of the molecule is CCNCc1ccccc1NC(=O)CC(C)C(C)C.Cl. The van der Waals surface area contributed by atoms with Crippen LogP contribution in [0.15, 0.2) is 24.3 Å². The number of anilines is 1. The molecule has 0 fully saturated rings. The first-order valence-corrected chi connectivity index (χ1v) is 7.13. The minimum absolute atomic E-state index is 0. The van der Waals surface area contributed by atoms with Crippen LogP contribution in [-0.4, -0.2) is 12.5 Å². The van der Waals surface area contributed by atoms with Crippen molar-refractivity contribution in [3.8, 4) is 0 Å². The van der Waals surface area contributed by atoms with Crippen molar-refractivity contribution in [1.82, 2.24) is 5.32 Å². The topological polar surface area (TPSA) is 41.1 Å². The first-order chi connectivity index (χ1) is 9.04. The van der Waals surface area contributed by atoms with E-state index in [2.05, 4.69) is 38.3 Å². The maximum atomic E-state index is 12.0. The molecule has 0 aromatic heterocycles. The summed E-state index contributed by atoms with van der Waals surface area (Å²) in [5, 5.41) is 6.31. The minimum atomic E-state index is 0. The molecule has 3 nitrogen and oxygen atoms in total. The second-order valence-electron chi connectivity index (χ2n) is 5.41. The van der Waals surface area contributed by atoms with E-state index in [9.17, 15) is 4.79 Å². The zero-order chi connectivity index (χ0) is 14.3. The second-order valence-corrected chi connectivity index (χ2v) is 5.41. The monoisotopic (exact) mass is 298 g/mol. The van der Waals surface area contributed by atoms with E-state index >= 15 is 0 Å². The Bertz CT molecular complexity index is 407. The van der Waals surface area contributed by atoms with Gasteiger partial charge in [0.15, 0.2) is 0 Å². The average molecular weight is 299 g/mol. The number of carbonyl (C=O) groups excluding carboxylic acids is 1. The number of amides is 1. The van der Waals surface area contributed by atoms with Crippen LogP contribution in [0.2, 0.25) is 0 Å². The molecule has 0 heterocycles. The highest BCUT2D eigenvalue weighted by Crippen LogP contribution is 2.18. The first-order valence-electron chi connectivity index (χ1n) is 7.13. The standard InChI is InChI=1S/C16H26N2O.ClH/c1-5-17-11-14-8-6-7-9-15(14)18-16(19)10-13(4)12(2)3;/h6-9,12-13,17H,5,10-11H2,1-4H3,(H,18,19);1H. The smallest absolute Gasteiger partial charge is 0.224 e. The molecular weight excluding hydrogens is 272 g/mol. The van der Waals surface area contributed by atoms with Crippen LogP contribution < -0.4 is 10.6 Å². The van der Waals surface area contributed by atoms with Gasteiger partial charge in [-0.2, -0.15) is 0 Å². The molecular formula is C16H27ClN2O. The van der Waals surface area contributed by atoms with E-state index in [4.69, 9.17) is 0 Å². The Morgan fingerprint density at radius 1 is 1.20 bits per heavy atom. The van der Waals surface area contributed by atoms with Crippen molar-refractivity contribution >= 4 is 24.0 Å². The third-order valence-electron chi connectivity index (χ3n) is 3.50. The van der Waals surface area contributed by atoms with E-state index in [0.29, 0.717) is 18.3 Å². The molecule has 1 atom stereocenters. The zero-order valence-corrected chi connectivity index (χ0v) is 13.7. The molecule has 1 aromatic rings. The third kappa shape index (κ3) is 6.40. The Kier molecular flexibility index (Phi) is 9.26. The number of halogens is 1. The summed E-state index contributed by atoms with van der Waals surface area (Å²) in [6.07, 6.45) is 0.577. The highest BCUT2D eigenvalue weighted by Gasteiger charge is 2.13. The molecule has 4 heteroatoms. The third-order valence-corrected chi connectivity index (χ3v) is 3.50. The van der Waals surface area contributed by atoms with Crippen molar-refractivity contribution in [2.45, 2.75) is 40.7 Å². The molecule has 0 spiro atoms. The lowest BCUT2D eigenvalue weighted by Crippen LogP contribution is -2.20. The average Bonchev–Trinajstić information content (AvgIpc) is 2.37. The number of carbonyl (C=O) groups is 1. The van der Waals surface area contributed by atoms with Crippen LogP contribution in [0.4, 0.5) is 5.69 Å². The van der Waals surface area contributed by atoms with Crippen LogP contribution in [0.25, 0.3) is 0 Å². The van der Waals surface area contributed by atoms with E-state index < -0.39 is 0 Å². The summed E-state index contributed by atoms with van der Waals surface area (Å²) in [4.78, 5) is 12.0. The molecule has 0 saturated heterocycles. The largest absolute Gasteiger partial charge is 0.326 e. The molecule has 1 unspecified atom stereocenters. The number of nitrogens with one attached hydrogen (secondary N) is 2. The van der Waals surface area contributed by atoms with Gasteiger partial charge in [-0.15, -0.1) is 12.4 Å². The Labute approximate surface area is 128 Å². The molecule has 0 aliphatic rings. The normalized spacial score (nSPS) is 11.8. The highest BCUT2D eigenvalue weighted by atomic mass is 35.5. The van der Waals surface area contributed by atoms with Gasteiger partial charge >= 0.3 is 0 Å². The van der Waals surface area contributed by atoms with Gasteiger partial charge in [0.1, 0.15) is 0 Å². The molecule has 114 valence electrons. The van der Waals surface area contributed by atoms with E-state index in [1.165, 1.54) is 0 Å². The zero-order valence-electron chi connectivity index (χ0n) is 12.9. The van der Waals surface area contributed by atoms with Crippen LogP contribution >= 0.6 is 12.4 Å². The highest BCUT2D eigenvalue weighted by molar-refractivity contribution is 5.91. The van der Waals surface area contributed by atoms with Crippen LogP contribution in [-0.2, 0) is 11.3 Å². The molecule has 0 aliphatic carbocycles. The van der Waals surface area contributed by atoms with Crippen molar-refractivity contribution in [3.63, 3.8) is 0 Å². The molecule has 1 rings (SSSR count). The van der Waals surface area contributed by atoms with E-state index in [0.717, 1.165) is 24.3 Å². The summed E-state index contributed by atoms with van der Waals surface area (Å²) in [6.45, 7) is 10.2. The molecule has 1 amide bonds. The number of rotatable bonds is 7. The number of para-hydroxylation sites is 1. The van der Waals surface area contributed by atoms with Crippen LogP contribution in [0.5, 0.6) is 0 Å². The van der Waals surface area contributed by atoms with Gasteiger partial charge < -0.3 is 10.6 Å². The molecule has 0 aliphatic heterocycles. The summed E-state index contributed by atoms with van der Waals surface area (Å²) in [5.41, 5.74) is 2.05. The van der Waals surface area contributed by atoms with Crippen molar-refractivity contribution in [3.05, 3.63) is 29.8 Å². The lowest BCUT2D eigenvalue weighted by Gasteiger charge is -2.16. The maximum absolute atomic E-state index is 12.0. The quantitative estimate of drug-likeness (QED) is 0.803. The number of benzene rings is 1. The summed E-state index contributed by atoms with van der Waals surface area (Å²) >= 11 is 0. The van der Waals surface area contributed by atoms with Crippen LogP contribution in [0.3, 0.4) is 0 Å². The van der Waals surface area contributed by atoms with Crippen molar-refractivity contribution in [2.24, 2.45) is 11.8 Å². The summed E-state index contributed by atoms with van der Waals surface area (Å²) in [7, 11) is 0. The Morgan fingerprint density at radius 2 is 1.85 bits per heavy atom. The maximum Gasteiger partial charge on any atom is 0.224 e. The molecule has 20 heavy (non-hydrogen) atoms. The van der Waals surface area contributed by atoms with Gasteiger partial charge in [0.05, 0.1) is 0 Å². The van der Waals surface area contributed by atoms with Crippen molar-refractivity contribution in [1.29, 1.82) is 0 Å². The lowest BCUT2D eigenvalue weighted by molar-refractivity contribution is -0.117. The molecule has 1 aromatic carbocycles. The van der Waals surface area contributed by atoms with E-state index in [1.54, 1.807) is 0 Å². The van der Waals surface area contributed by atoms with Gasteiger partial charge in [-0.25, -0.2) is 0 Å². The van der Waals surface area contributed by atoms with Crippen LogP contribution in [0.1, 0.15) is 39.7 Å². The lowest BCUT2D eigenvalue weighted by atomic mass is 9.94. The number of hydrogen-bond donors (Lipinski definition) is 2. The number of hydrogen-bond acceptors (Lipinski definition) is 2. The fraction of sp³-hybridized carbons (Fsp3) is 0.562. The second kappa shape index (κ2) is 9.78. The predicted octanol–water partition coefficient (Wildman–Crippen LogP) is 3.84. The fourth-order valence-corrected chi connectivity index (χ4v) is 1.79. The van der Waals surface area contributed by atoms with Gasteiger partial charge in [-0.3, -0.25) is 4.79 Å². The Balaban J connectivity index is 0.00000361. The Morgan fingerprint density at radius 3 is 2.45 bits per heavy atom. The first kappa shape index (κ1) is 18.9. The predicted molar refractivity (Wildman–Crippen MR) is 88.3 cm³/mol. The van der Waals surface area contributed by atoms with Gasteiger partial charge in [0.2, 0.25) is 5.91 Å². The van der Waals surface area contributed by atoms with Gasteiger partial charge in [-0.1, -0.05) is 45.9 Å². The van der Waals surface area contributed by atoms with Crippen LogP contribution in [0, 0.1) is 11.8 Å². The van der Waals surface area contributed by atoms with E-state index in [-0.39, 0.29) is 18.3 Å². The molecule has 0 radical (unpaired) electrons. The van der Waals surface area contributed by atoms with Crippen molar-refractivity contribution < 1.29 is 4.79 Å². The van der Waals surface area contributed by atoms with Gasteiger partial charge in [0.25, 0.3) is 0 Å². The fourth-order valence-electron chi connectivity index (χ4n) is 1.79.